The topological polar surface area (TPSA) is 30.5 Å². The molecular formula is C15H23NO2. The summed E-state index contributed by atoms with van der Waals surface area (Å²) in [4.78, 5) is 0. The van der Waals surface area contributed by atoms with Gasteiger partial charge in [0, 0.05) is 18.0 Å². The first-order valence-corrected chi connectivity index (χ1v) is 6.61. The second-order valence-electron chi connectivity index (χ2n) is 5.01. The number of methoxy groups -OCH3 is 2. The molecule has 0 spiro atoms. The second kappa shape index (κ2) is 5.61. The van der Waals surface area contributed by atoms with Crippen LogP contribution in [0.1, 0.15) is 35.4 Å². The molecule has 0 aliphatic carbocycles. The van der Waals surface area contributed by atoms with Crippen LogP contribution in [0.5, 0.6) is 11.5 Å². The van der Waals surface area contributed by atoms with E-state index in [1.807, 2.05) is 0 Å². The normalized spacial score (nSPS) is 19.7. The Morgan fingerprint density at radius 1 is 1.22 bits per heavy atom. The summed E-state index contributed by atoms with van der Waals surface area (Å²) in [6.45, 7) is 6.48. The van der Waals surface area contributed by atoms with Gasteiger partial charge in [-0.15, -0.1) is 0 Å². The van der Waals surface area contributed by atoms with Crippen molar-refractivity contribution in [2.75, 3.05) is 27.3 Å². The van der Waals surface area contributed by atoms with E-state index in [4.69, 9.17) is 9.47 Å². The van der Waals surface area contributed by atoms with Crippen LogP contribution in [0.25, 0.3) is 0 Å². The average Bonchev–Trinajstić information content (AvgIpc) is 2.42. The number of hydrogen-bond donors (Lipinski definition) is 1. The first kappa shape index (κ1) is 13.2. The first-order valence-electron chi connectivity index (χ1n) is 6.61. The number of nitrogens with one attached hydrogen (secondary N) is 1. The highest BCUT2D eigenvalue weighted by atomic mass is 16.5. The Labute approximate surface area is 109 Å². The maximum absolute atomic E-state index is 5.60. The van der Waals surface area contributed by atoms with Gasteiger partial charge < -0.3 is 14.8 Å². The highest BCUT2D eigenvalue weighted by Crippen LogP contribution is 2.41. The summed E-state index contributed by atoms with van der Waals surface area (Å²) in [5, 5.41) is 3.47. The smallest absolute Gasteiger partial charge is 0.164 e. The maximum atomic E-state index is 5.60. The van der Waals surface area contributed by atoms with Gasteiger partial charge in [0.1, 0.15) is 0 Å². The summed E-state index contributed by atoms with van der Waals surface area (Å²) in [6, 6.07) is 2.06. The molecule has 3 nitrogen and oxygen atoms in total. The quantitative estimate of drug-likeness (QED) is 0.893. The number of rotatable bonds is 3. The van der Waals surface area contributed by atoms with Crippen molar-refractivity contribution >= 4 is 0 Å². The molecule has 1 fully saturated rings. The van der Waals surface area contributed by atoms with Gasteiger partial charge in [0.15, 0.2) is 11.5 Å². The third-order valence-corrected chi connectivity index (χ3v) is 3.94. The molecule has 1 N–H and O–H groups in total. The van der Waals surface area contributed by atoms with Gasteiger partial charge in [0.05, 0.1) is 14.2 Å². The molecule has 1 atom stereocenters. The van der Waals surface area contributed by atoms with Gasteiger partial charge in [-0.05, 0) is 50.4 Å². The molecule has 3 heteroatoms. The Kier molecular flexibility index (Phi) is 4.12. The lowest BCUT2D eigenvalue weighted by molar-refractivity contribution is 0.343. The predicted molar refractivity (Wildman–Crippen MR) is 73.9 cm³/mol. The molecule has 0 aromatic heterocycles. The van der Waals surface area contributed by atoms with Crippen molar-refractivity contribution in [2.45, 2.75) is 32.6 Å². The molecule has 0 bridgehead atoms. The molecule has 18 heavy (non-hydrogen) atoms. The summed E-state index contributed by atoms with van der Waals surface area (Å²) in [6.07, 6.45) is 2.44. The summed E-state index contributed by atoms with van der Waals surface area (Å²) in [7, 11) is 3.43. The van der Waals surface area contributed by atoms with Crippen molar-refractivity contribution in [1.82, 2.24) is 5.32 Å². The first-order chi connectivity index (χ1) is 8.69. The summed E-state index contributed by atoms with van der Waals surface area (Å²) in [5.74, 6) is 2.29. The van der Waals surface area contributed by atoms with Gasteiger partial charge >= 0.3 is 0 Å². The fourth-order valence-electron chi connectivity index (χ4n) is 2.84. The number of benzene rings is 1. The Hall–Kier alpha value is -1.22. The van der Waals surface area contributed by atoms with E-state index in [0.717, 1.165) is 24.6 Å². The largest absolute Gasteiger partial charge is 0.493 e. The minimum Gasteiger partial charge on any atom is -0.493 e. The van der Waals surface area contributed by atoms with Crippen molar-refractivity contribution in [3.05, 3.63) is 22.8 Å². The zero-order chi connectivity index (χ0) is 13.1. The lowest BCUT2D eigenvalue weighted by Crippen LogP contribution is -2.29. The molecule has 2 rings (SSSR count). The fraction of sp³-hybridized carbons (Fsp3) is 0.600. The lowest BCUT2D eigenvalue weighted by Gasteiger charge is -2.28. The van der Waals surface area contributed by atoms with Gasteiger partial charge in [-0.2, -0.15) is 0 Å². The Bertz CT molecular complexity index is 423. The van der Waals surface area contributed by atoms with Crippen molar-refractivity contribution in [3.63, 3.8) is 0 Å². The summed E-state index contributed by atoms with van der Waals surface area (Å²) >= 11 is 0. The molecule has 1 heterocycles. The van der Waals surface area contributed by atoms with Crippen molar-refractivity contribution in [1.29, 1.82) is 0 Å². The van der Waals surface area contributed by atoms with E-state index < -0.39 is 0 Å². The average molecular weight is 249 g/mol. The van der Waals surface area contributed by atoms with Crippen LogP contribution in [0.3, 0.4) is 0 Å². The predicted octanol–water partition coefficient (Wildman–Crippen LogP) is 2.79. The third-order valence-electron chi connectivity index (χ3n) is 3.94. The van der Waals surface area contributed by atoms with Crippen LogP contribution < -0.4 is 14.8 Å². The zero-order valence-electron chi connectivity index (χ0n) is 11.8. The minimum atomic E-state index is 0.530. The van der Waals surface area contributed by atoms with Crippen molar-refractivity contribution in [2.24, 2.45) is 0 Å². The molecular weight excluding hydrogens is 226 g/mol. The van der Waals surface area contributed by atoms with Crippen molar-refractivity contribution in [3.8, 4) is 11.5 Å². The van der Waals surface area contributed by atoms with Gasteiger partial charge in [0.2, 0.25) is 0 Å². The Morgan fingerprint density at radius 3 is 2.56 bits per heavy atom. The van der Waals surface area contributed by atoms with E-state index in [9.17, 15) is 0 Å². The van der Waals surface area contributed by atoms with Gasteiger partial charge in [0.25, 0.3) is 0 Å². The Balaban J connectivity index is 2.51. The van der Waals surface area contributed by atoms with E-state index >= 15 is 0 Å². The van der Waals surface area contributed by atoms with Crippen LogP contribution in [0.2, 0.25) is 0 Å². The van der Waals surface area contributed by atoms with E-state index in [0.29, 0.717) is 5.92 Å². The van der Waals surface area contributed by atoms with Crippen LogP contribution in [0.15, 0.2) is 6.07 Å². The highest BCUT2D eigenvalue weighted by Gasteiger charge is 2.24. The number of aryl methyl sites for hydroxylation is 1. The van der Waals surface area contributed by atoms with Gasteiger partial charge in [-0.3, -0.25) is 0 Å². The molecule has 1 aliphatic heterocycles. The van der Waals surface area contributed by atoms with Crippen LogP contribution in [0.4, 0.5) is 0 Å². The van der Waals surface area contributed by atoms with E-state index in [2.05, 4.69) is 25.2 Å². The lowest BCUT2D eigenvalue weighted by atomic mass is 9.86. The van der Waals surface area contributed by atoms with E-state index in [1.54, 1.807) is 14.2 Å². The number of ether oxygens (including phenoxy) is 2. The van der Waals surface area contributed by atoms with Crippen LogP contribution in [0, 0.1) is 13.8 Å². The highest BCUT2D eigenvalue weighted by molar-refractivity contribution is 5.55. The molecule has 0 amide bonds. The number of hydrogen-bond acceptors (Lipinski definition) is 3. The fourth-order valence-corrected chi connectivity index (χ4v) is 2.84. The van der Waals surface area contributed by atoms with E-state index in [-0.39, 0.29) is 0 Å². The molecule has 1 unspecified atom stereocenters. The minimum absolute atomic E-state index is 0.530. The summed E-state index contributed by atoms with van der Waals surface area (Å²) in [5.41, 5.74) is 3.93. The van der Waals surface area contributed by atoms with Gasteiger partial charge in [-0.1, -0.05) is 0 Å². The van der Waals surface area contributed by atoms with E-state index in [1.165, 1.54) is 29.5 Å². The van der Waals surface area contributed by atoms with Crippen LogP contribution in [-0.2, 0) is 0 Å². The maximum Gasteiger partial charge on any atom is 0.164 e. The molecule has 1 saturated heterocycles. The van der Waals surface area contributed by atoms with Crippen LogP contribution in [-0.4, -0.2) is 27.3 Å². The Morgan fingerprint density at radius 2 is 2.00 bits per heavy atom. The summed E-state index contributed by atoms with van der Waals surface area (Å²) < 4.78 is 11.1. The molecule has 0 saturated carbocycles. The van der Waals surface area contributed by atoms with Crippen molar-refractivity contribution < 1.29 is 9.47 Å². The standard InChI is InChI=1S/C15H23NO2/c1-10-8-13(17-3)15(18-4)14(11(10)2)12-6-5-7-16-9-12/h8,12,16H,5-7,9H2,1-4H3. The molecule has 1 aromatic carbocycles. The van der Waals surface area contributed by atoms with Gasteiger partial charge in [-0.25, -0.2) is 0 Å². The molecule has 1 aliphatic rings. The third kappa shape index (κ3) is 2.32. The van der Waals surface area contributed by atoms with Crippen LogP contribution >= 0.6 is 0 Å². The molecule has 1 aromatic rings. The zero-order valence-corrected chi connectivity index (χ0v) is 11.8. The second-order valence-corrected chi connectivity index (χ2v) is 5.01. The monoisotopic (exact) mass is 249 g/mol. The molecule has 0 radical (unpaired) electrons. The number of piperidine rings is 1. The SMILES string of the molecule is COc1cc(C)c(C)c(C2CCCNC2)c1OC. The molecule has 100 valence electrons.